The molecule has 2 atom stereocenters. The monoisotopic (exact) mass is 528 g/mol. The summed E-state index contributed by atoms with van der Waals surface area (Å²) in [7, 11) is 0.231. The van der Waals surface area contributed by atoms with Crippen molar-refractivity contribution in [2.24, 2.45) is 0 Å². The number of benzene rings is 1. The lowest BCUT2D eigenvalue weighted by atomic mass is 10.1. The number of aliphatic hydroxyl groups excluding tert-OH is 1. The number of fused-ring (bicyclic) bond motifs is 2. The van der Waals surface area contributed by atoms with Crippen molar-refractivity contribution in [2.75, 3.05) is 43.8 Å². The van der Waals surface area contributed by atoms with Gasteiger partial charge in [0.1, 0.15) is 12.8 Å². The number of hydrogen-bond donors (Lipinski definition) is 1. The molecule has 0 radical (unpaired) electrons. The molecule has 3 rings (SSSR count). The first-order valence-corrected chi connectivity index (χ1v) is 15.8. The lowest BCUT2D eigenvalue weighted by Crippen LogP contribution is -2.45. The van der Waals surface area contributed by atoms with E-state index in [-0.39, 0.29) is 31.5 Å². The van der Waals surface area contributed by atoms with E-state index >= 15 is 0 Å². The van der Waals surface area contributed by atoms with Crippen molar-refractivity contribution in [2.45, 2.75) is 50.7 Å². The molecular weight excluding hydrogens is 496 g/mol. The van der Waals surface area contributed by atoms with Crippen LogP contribution in [0.15, 0.2) is 12.1 Å². The van der Waals surface area contributed by atoms with Crippen LogP contribution in [0.5, 0.6) is 11.5 Å². The molecular formula is C22H33BrN2O6Si. The minimum Gasteiger partial charge on any atom is -0.493 e. The first kappa shape index (κ1) is 25.0. The normalized spacial score (nSPS) is 20.8. The van der Waals surface area contributed by atoms with Gasteiger partial charge in [-0.3, -0.25) is 14.5 Å². The molecule has 8 nitrogen and oxygen atoms in total. The van der Waals surface area contributed by atoms with Crippen molar-refractivity contribution in [3.63, 3.8) is 0 Å². The molecule has 178 valence electrons. The highest BCUT2D eigenvalue weighted by Gasteiger charge is 2.45. The third-order valence-electron chi connectivity index (χ3n) is 5.65. The molecule has 10 heteroatoms. The largest absolute Gasteiger partial charge is 0.493 e. The van der Waals surface area contributed by atoms with Crippen LogP contribution in [-0.2, 0) is 9.53 Å². The molecule has 1 fully saturated rings. The Balaban J connectivity index is 1.97. The summed E-state index contributed by atoms with van der Waals surface area (Å²) < 4.78 is 17.3. The molecule has 0 unspecified atom stereocenters. The molecule has 2 aliphatic rings. The molecule has 1 saturated heterocycles. The van der Waals surface area contributed by atoms with Crippen molar-refractivity contribution in [3.05, 3.63) is 17.7 Å². The van der Waals surface area contributed by atoms with Gasteiger partial charge in [-0.05, 0) is 18.5 Å². The van der Waals surface area contributed by atoms with Crippen LogP contribution in [-0.4, -0.2) is 81.0 Å². The standard InChI is InChI=1S/C22H33BrN2O6Si/c1-29-19-11-16-17(12-20(19)31-7-5-6-23)25(14-30-8-9-32(2,3)4)22(28)18-10-15(26)13-24(18)21(16)27/h11-12,15,18,26H,5-10,13-14H2,1-4H3/t15-,18+/m1/s1. The average Bonchev–Trinajstić information content (AvgIpc) is 3.11. The van der Waals surface area contributed by atoms with Crippen LogP contribution in [0.3, 0.4) is 0 Å². The van der Waals surface area contributed by atoms with Gasteiger partial charge in [0.2, 0.25) is 0 Å². The van der Waals surface area contributed by atoms with Crippen LogP contribution in [0.2, 0.25) is 25.7 Å². The van der Waals surface area contributed by atoms with E-state index in [1.54, 1.807) is 12.1 Å². The van der Waals surface area contributed by atoms with Crippen molar-refractivity contribution >= 4 is 41.5 Å². The van der Waals surface area contributed by atoms with Crippen LogP contribution in [0.1, 0.15) is 23.2 Å². The minimum absolute atomic E-state index is 0.0389. The molecule has 0 aromatic heterocycles. The number of hydrogen-bond acceptors (Lipinski definition) is 6. The number of alkyl halides is 1. The summed E-state index contributed by atoms with van der Waals surface area (Å²) in [5.41, 5.74) is 0.792. The third-order valence-corrected chi connectivity index (χ3v) is 7.91. The summed E-state index contributed by atoms with van der Waals surface area (Å²) in [5.74, 6) is 0.349. The first-order chi connectivity index (χ1) is 15.2. The Hall–Kier alpha value is -1.62. The first-order valence-electron chi connectivity index (χ1n) is 10.9. The second-order valence-electron chi connectivity index (χ2n) is 9.39. The number of nitrogens with zero attached hydrogens (tertiary/aromatic N) is 2. The molecule has 2 amide bonds. The summed E-state index contributed by atoms with van der Waals surface area (Å²) in [6.07, 6.45) is 0.295. The second kappa shape index (κ2) is 10.5. The maximum absolute atomic E-state index is 13.5. The molecule has 0 bridgehead atoms. The molecule has 32 heavy (non-hydrogen) atoms. The summed E-state index contributed by atoms with van der Waals surface area (Å²) in [5, 5.41) is 10.9. The number of carbonyl (C=O) groups is 2. The quantitative estimate of drug-likeness (QED) is 0.285. The zero-order valence-electron chi connectivity index (χ0n) is 19.2. The van der Waals surface area contributed by atoms with E-state index in [4.69, 9.17) is 14.2 Å². The fourth-order valence-electron chi connectivity index (χ4n) is 3.85. The molecule has 0 saturated carbocycles. The number of anilines is 1. The fraction of sp³-hybridized carbons (Fsp3) is 0.636. The summed E-state index contributed by atoms with van der Waals surface area (Å²) in [6, 6.07) is 3.57. The third kappa shape index (κ3) is 5.65. The maximum Gasteiger partial charge on any atom is 0.256 e. The number of methoxy groups -OCH3 is 1. The van der Waals surface area contributed by atoms with Gasteiger partial charge in [-0.15, -0.1) is 0 Å². The highest BCUT2D eigenvalue weighted by atomic mass is 79.9. The highest BCUT2D eigenvalue weighted by molar-refractivity contribution is 9.09. The van der Waals surface area contributed by atoms with E-state index in [1.165, 1.54) is 16.9 Å². The van der Waals surface area contributed by atoms with E-state index < -0.39 is 20.2 Å². The molecule has 2 heterocycles. The number of rotatable bonds is 10. The molecule has 0 spiro atoms. The highest BCUT2D eigenvalue weighted by Crippen LogP contribution is 2.40. The molecule has 1 N–H and O–H groups in total. The zero-order valence-corrected chi connectivity index (χ0v) is 21.8. The lowest BCUT2D eigenvalue weighted by molar-refractivity contribution is -0.123. The Morgan fingerprint density at radius 2 is 1.94 bits per heavy atom. The van der Waals surface area contributed by atoms with Gasteiger partial charge in [-0.25, -0.2) is 0 Å². The van der Waals surface area contributed by atoms with Crippen molar-refractivity contribution in [1.82, 2.24) is 4.90 Å². The van der Waals surface area contributed by atoms with E-state index in [0.717, 1.165) is 17.8 Å². The molecule has 2 aliphatic heterocycles. The Morgan fingerprint density at radius 1 is 1.19 bits per heavy atom. The van der Waals surface area contributed by atoms with Gasteiger partial charge in [-0.2, -0.15) is 0 Å². The van der Waals surface area contributed by atoms with Gasteiger partial charge in [0, 0.05) is 39.0 Å². The number of carbonyl (C=O) groups excluding carboxylic acids is 2. The summed E-state index contributed by atoms with van der Waals surface area (Å²) in [4.78, 5) is 29.8. The van der Waals surface area contributed by atoms with Crippen LogP contribution in [0.25, 0.3) is 0 Å². The van der Waals surface area contributed by atoms with Gasteiger partial charge >= 0.3 is 0 Å². The van der Waals surface area contributed by atoms with Crippen LogP contribution in [0, 0.1) is 0 Å². The van der Waals surface area contributed by atoms with Gasteiger partial charge in [0.15, 0.2) is 11.5 Å². The smallest absolute Gasteiger partial charge is 0.256 e. The van der Waals surface area contributed by atoms with E-state index in [1.807, 2.05) is 0 Å². The SMILES string of the molecule is COc1cc2c(cc1OCCCBr)N(COCC[Si](C)(C)C)C(=O)[C@@H]1C[C@@H](O)CN1C2=O. The average molecular weight is 530 g/mol. The van der Waals surface area contributed by atoms with Crippen molar-refractivity contribution in [3.8, 4) is 11.5 Å². The molecule has 1 aromatic rings. The number of halogens is 1. The van der Waals surface area contributed by atoms with Crippen LogP contribution in [0.4, 0.5) is 5.69 Å². The lowest BCUT2D eigenvalue weighted by Gasteiger charge is -2.26. The van der Waals surface area contributed by atoms with Gasteiger partial charge in [0.25, 0.3) is 11.8 Å². The summed E-state index contributed by atoms with van der Waals surface area (Å²) in [6.45, 7) is 7.98. The topological polar surface area (TPSA) is 88.5 Å². The van der Waals surface area contributed by atoms with E-state index in [9.17, 15) is 14.7 Å². The molecule has 0 aliphatic carbocycles. The van der Waals surface area contributed by atoms with Crippen molar-refractivity contribution in [1.29, 1.82) is 0 Å². The minimum atomic E-state index is -1.29. The Morgan fingerprint density at radius 3 is 2.59 bits per heavy atom. The Bertz CT molecular complexity index is 846. The predicted octanol–water partition coefficient (Wildman–Crippen LogP) is 3.09. The van der Waals surface area contributed by atoms with Gasteiger partial charge < -0.3 is 24.2 Å². The maximum atomic E-state index is 13.5. The van der Waals surface area contributed by atoms with Gasteiger partial charge in [0.05, 0.1) is 31.1 Å². The van der Waals surface area contributed by atoms with Crippen LogP contribution < -0.4 is 14.4 Å². The summed E-state index contributed by atoms with van der Waals surface area (Å²) >= 11 is 3.39. The Kier molecular flexibility index (Phi) is 8.24. The van der Waals surface area contributed by atoms with Crippen molar-refractivity contribution < 1.29 is 28.9 Å². The van der Waals surface area contributed by atoms with Gasteiger partial charge in [-0.1, -0.05) is 35.6 Å². The molecule has 1 aromatic carbocycles. The second-order valence-corrected chi connectivity index (χ2v) is 15.8. The zero-order chi connectivity index (χ0) is 23.5. The number of ether oxygens (including phenoxy) is 3. The fourth-order valence-corrected chi connectivity index (χ4v) is 4.83. The number of amides is 2. The van der Waals surface area contributed by atoms with Crippen LogP contribution >= 0.6 is 15.9 Å². The predicted molar refractivity (Wildman–Crippen MR) is 129 cm³/mol. The Labute approximate surface area is 198 Å². The number of aliphatic hydroxyl groups is 1. The van der Waals surface area contributed by atoms with E-state index in [2.05, 4.69) is 35.6 Å². The van der Waals surface area contributed by atoms with E-state index in [0.29, 0.717) is 36.0 Å².